The van der Waals surface area contributed by atoms with Gasteiger partial charge in [-0.25, -0.2) is 13.8 Å². The number of aromatic nitrogens is 1. The largest absolute Gasteiger partial charge is 0.586 e. The molecule has 0 aliphatic carbocycles. The van der Waals surface area contributed by atoms with Crippen LogP contribution in [0.3, 0.4) is 0 Å². The number of pyridine rings is 1. The van der Waals surface area contributed by atoms with Crippen LogP contribution in [0.4, 0.5) is 23.2 Å². The Bertz CT molecular complexity index is 954. The molecule has 0 radical (unpaired) electrons. The first kappa shape index (κ1) is 22.7. The van der Waals surface area contributed by atoms with Crippen LogP contribution >= 0.6 is 11.6 Å². The summed E-state index contributed by atoms with van der Waals surface area (Å²) in [5, 5.41) is -0.386. The van der Waals surface area contributed by atoms with E-state index in [0.717, 1.165) is 12.1 Å². The number of Topliss-reactive ketones (excluding diaryl/α,β-unsaturated/α-hetero) is 1. The van der Waals surface area contributed by atoms with Crippen LogP contribution in [-0.2, 0) is 0 Å². The molecule has 10 heteroatoms. The molecule has 1 aliphatic heterocycles. The Morgan fingerprint density at radius 3 is 2.41 bits per heavy atom. The minimum absolute atomic E-state index is 0.316. The molecule has 3 rings (SSSR count). The predicted octanol–water partition coefficient (Wildman–Crippen LogP) is 5.84. The van der Waals surface area contributed by atoms with Crippen LogP contribution in [0.5, 0.6) is 11.5 Å². The lowest BCUT2D eigenvalue weighted by Gasteiger charge is -2.14. The smallest absolute Gasteiger partial charge is 0.395 e. The minimum Gasteiger partial charge on any atom is -0.395 e. The second kappa shape index (κ2) is 8.44. The Labute approximate surface area is 169 Å². The lowest BCUT2D eigenvalue weighted by Crippen LogP contribution is -2.26. The van der Waals surface area contributed by atoms with Crippen LogP contribution in [0.2, 0.25) is 5.02 Å². The Hall–Kier alpha value is -2.55. The number of carbonyl (C=O) groups excluding carboxylic acids is 1. The first-order valence-electron chi connectivity index (χ1n) is 8.84. The highest BCUT2D eigenvalue weighted by Crippen LogP contribution is 2.49. The molecule has 0 saturated heterocycles. The van der Waals surface area contributed by atoms with Gasteiger partial charge in [0.25, 0.3) is 0 Å². The third kappa shape index (κ3) is 4.10. The number of hydrogen-bond donors (Lipinski definition) is 1. The van der Waals surface area contributed by atoms with E-state index >= 15 is 0 Å². The number of hydrogen-bond acceptors (Lipinski definition) is 5. The molecular formula is C19H19ClF4N2O3. The molecule has 0 saturated carbocycles. The first-order chi connectivity index (χ1) is 13.6. The second-order valence-corrected chi connectivity index (χ2v) is 6.32. The number of fused-ring (bicyclic) bond motifs is 1. The van der Waals surface area contributed by atoms with Crippen LogP contribution in [0.1, 0.15) is 44.6 Å². The maximum Gasteiger partial charge on any atom is 0.586 e. The zero-order chi connectivity index (χ0) is 22.1. The molecule has 2 aromatic rings. The Balaban J connectivity index is 0.00000145. The highest BCUT2D eigenvalue weighted by atomic mass is 35.5. The molecule has 1 aromatic heterocycles. The summed E-state index contributed by atoms with van der Waals surface area (Å²) in [6.07, 6.45) is -3.68. The normalized spacial score (nSPS) is 14.8. The molecule has 1 unspecified atom stereocenters. The summed E-state index contributed by atoms with van der Waals surface area (Å²) in [6, 6.07) is 1.75. The molecular weight excluding hydrogens is 416 g/mol. The van der Waals surface area contributed by atoms with E-state index in [9.17, 15) is 22.4 Å². The van der Waals surface area contributed by atoms with Crippen LogP contribution in [0, 0.1) is 17.6 Å². The monoisotopic (exact) mass is 434 g/mol. The summed E-state index contributed by atoms with van der Waals surface area (Å²) in [7, 11) is 0. The number of ketones is 1. The quantitative estimate of drug-likeness (QED) is 0.483. The van der Waals surface area contributed by atoms with E-state index in [0.29, 0.717) is 6.42 Å². The molecule has 0 bridgehead atoms. The van der Waals surface area contributed by atoms with Crippen LogP contribution in [0.25, 0.3) is 11.3 Å². The van der Waals surface area contributed by atoms with Crippen molar-refractivity contribution in [3.8, 4) is 22.8 Å². The molecule has 1 atom stereocenters. The number of nitrogen functional groups attached to an aromatic ring is 1. The van der Waals surface area contributed by atoms with E-state index in [4.69, 9.17) is 17.3 Å². The average molecular weight is 435 g/mol. The van der Waals surface area contributed by atoms with Crippen molar-refractivity contribution >= 4 is 23.1 Å². The number of carbonyl (C=O) groups is 1. The fourth-order valence-electron chi connectivity index (χ4n) is 2.50. The molecule has 0 fully saturated rings. The van der Waals surface area contributed by atoms with E-state index in [1.54, 1.807) is 13.8 Å². The van der Waals surface area contributed by atoms with Crippen molar-refractivity contribution in [3.63, 3.8) is 0 Å². The topological polar surface area (TPSA) is 74.4 Å². The van der Waals surface area contributed by atoms with Crippen LogP contribution in [0.15, 0.2) is 12.1 Å². The summed E-state index contributed by atoms with van der Waals surface area (Å²) >= 11 is 5.96. The highest BCUT2D eigenvalue weighted by molar-refractivity contribution is 6.36. The second-order valence-electron chi connectivity index (χ2n) is 5.94. The molecule has 5 nitrogen and oxygen atoms in total. The third-order valence-electron chi connectivity index (χ3n) is 4.17. The highest BCUT2D eigenvalue weighted by Gasteiger charge is 2.47. The SMILES string of the molecule is CC.CCC(C)C(=O)c1nc(-c2ccc(F)c3c2OC(F)(F)O3)c(F)c(N)c1Cl. The van der Waals surface area contributed by atoms with E-state index < -0.39 is 52.5 Å². The summed E-state index contributed by atoms with van der Waals surface area (Å²) in [6.45, 7) is 7.37. The fourth-order valence-corrected chi connectivity index (χ4v) is 2.72. The van der Waals surface area contributed by atoms with Gasteiger partial charge < -0.3 is 15.2 Å². The van der Waals surface area contributed by atoms with Crippen molar-refractivity contribution in [1.29, 1.82) is 0 Å². The van der Waals surface area contributed by atoms with Gasteiger partial charge in [-0.05, 0) is 18.6 Å². The van der Waals surface area contributed by atoms with Crippen LogP contribution < -0.4 is 15.2 Å². The van der Waals surface area contributed by atoms with Gasteiger partial charge in [0, 0.05) is 11.5 Å². The minimum atomic E-state index is -4.14. The first-order valence-corrected chi connectivity index (χ1v) is 9.22. The summed E-state index contributed by atoms with van der Waals surface area (Å²) in [5.41, 5.74) is 3.79. The Morgan fingerprint density at radius 1 is 1.24 bits per heavy atom. The summed E-state index contributed by atoms with van der Waals surface area (Å²) in [4.78, 5) is 16.4. The molecule has 2 heterocycles. The van der Waals surface area contributed by atoms with Gasteiger partial charge in [0.2, 0.25) is 5.75 Å². The Morgan fingerprint density at radius 2 is 1.83 bits per heavy atom. The number of benzene rings is 1. The number of nitrogens with two attached hydrogens (primary N) is 1. The van der Waals surface area contributed by atoms with Gasteiger partial charge in [0.15, 0.2) is 23.2 Å². The van der Waals surface area contributed by atoms with Gasteiger partial charge in [-0.1, -0.05) is 39.3 Å². The molecule has 29 heavy (non-hydrogen) atoms. The van der Waals surface area contributed by atoms with Crippen molar-refractivity contribution in [2.75, 3.05) is 5.73 Å². The van der Waals surface area contributed by atoms with E-state index in [1.165, 1.54) is 0 Å². The Kier molecular flexibility index (Phi) is 6.62. The molecule has 0 amide bonds. The average Bonchev–Trinajstić information content (AvgIpc) is 3.03. The number of halogens is 5. The molecule has 1 aromatic carbocycles. The number of anilines is 1. The van der Waals surface area contributed by atoms with Gasteiger partial charge in [-0.3, -0.25) is 4.79 Å². The number of alkyl halides is 2. The van der Waals surface area contributed by atoms with E-state index in [1.807, 2.05) is 13.8 Å². The number of ether oxygens (including phenoxy) is 2. The van der Waals surface area contributed by atoms with E-state index in [2.05, 4.69) is 14.5 Å². The van der Waals surface area contributed by atoms with Gasteiger partial charge in [0.1, 0.15) is 11.4 Å². The zero-order valence-corrected chi connectivity index (χ0v) is 16.8. The van der Waals surface area contributed by atoms with Crippen LogP contribution in [-0.4, -0.2) is 17.1 Å². The molecule has 158 valence electrons. The maximum absolute atomic E-state index is 14.7. The van der Waals surface area contributed by atoms with Gasteiger partial charge in [-0.15, -0.1) is 8.78 Å². The zero-order valence-electron chi connectivity index (χ0n) is 16.1. The van der Waals surface area contributed by atoms with Crippen molar-refractivity contribution in [2.45, 2.75) is 40.4 Å². The summed E-state index contributed by atoms with van der Waals surface area (Å²) in [5.74, 6) is -4.94. The van der Waals surface area contributed by atoms with E-state index in [-0.39, 0.29) is 16.3 Å². The molecule has 2 N–H and O–H groups in total. The number of nitrogens with zero attached hydrogens (tertiary/aromatic N) is 1. The molecule has 1 aliphatic rings. The fraction of sp³-hybridized carbons (Fsp3) is 0.368. The van der Waals surface area contributed by atoms with Gasteiger partial charge in [0.05, 0.1) is 10.7 Å². The predicted molar refractivity (Wildman–Crippen MR) is 100 cm³/mol. The lowest BCUT2D eigenvalue weighted by atomic mass is 9.99. The van der Waals surface area contributed by atoms with Crippen molar-refractivity contribution in [1.82, 2.24) is 4.98 Å². The standard InChI is InChI=1S/C17H13ClF4N2O3.C2H6/c1-3-6(2)14(25)13-9(18)11(23)10(20)12(24-13)7-4-5-8(19)16-15(7)26-17(21,22)27-16;1-2/h4-6H,3H2,1-2H3,(H2,23,24);1-2H3. The van der Waals surface area contributed by atoms with Gasteiger partial charge >= 0.3 is 6.29 Å². The number of rotatable bonds is 4. The summed E-state index contributed by atoms with van der Waals surface area (Å²) < 4.78 is 63.6. The maximum atomic E-state index is 14.7. The third-order valence-corrected chi connectivity index (χ3v) is 4.55. The lowest BCUT2D eigenvalue weighted by molar-refractivity contribution is -0.287. The van der Waals surface area contributed by atoms with Gasteiger partial charge in [-0.2, -0.15) is 0 Å². The van der Waals surface area contributed by atoms with Crippen molar-refractivity contribution in [2.24, 2.45) is 5.92 Å². The molecule has 0 spiro atoms. The van der Waals surface area contributed by atoms with Crippen molar-refractivity contribution in [3.05, 3.63) is 34.5 Å². The van der Waals surface area contributed by atoms with Crippen molar-refractivity contribution < 1.29 is 31.8 Å².